The third-order valence-corrected chi connectivity index (χ3v) is 4.46. The van der Waals surface area contributed by atoms with Crippen LogP contribution in [0.3, 0.4) is 0 Å². The van der Waals surface area contributed by atoms with Gasteiger partial charge in [-0.15, -0.1) is 0 Å². The molecule has 1 aromatic carbocycles. The summed E-state index contributed by atoms with van der Waals surface area (Å²) in [4.78, 5) is 38.2. The van der Waals surface area contributed by atoms with Crippen LogP contribution in [0.25, 0.3) is 0 Å². The number of hydrogen-bond acceptors (Lipinski definition) is 5. The topological polar surface area (TPSA) is 84.9 Å². The first-order valence-corrected chi connectivity index (χ1v) is 9.58. The van der Waals surface area contributed by atoms with Crippen molar-refractivity contribution in [1.82, 2.24) is 10.2 Å². The minimum atomic E-state index is -0.876. The van der Waals surface area contributed by atoms with Crippen LogP contribution in [0.4, 0.5) is 0 Å². The second-order valence-electron chi connectivity index (χ2n) is 8.20. The standard InChI is InChI=1S/C21H30N2O5/c1-14(2)28-19(25)12-17-20(26)22-10-11-23(17)18(24)13-27-16-8-6-15(7-9-16)21(3,4)5/h6-9,14,17H,10-13H2,1-5H3,(H,22,26)/t17-/m0/s1. The molecule has 28 heavy (non-hydrogen) atoms. The van der Waals surface area contributed by atoms with Crippen LogP contribution in [-0.4, -0.2) is 54.5 Å². The number of hydrogen-bond donors (Lipinski definition) is 1. The van der Waals surface area contributed by atoms with Gasteiger partial charge in [-0.1, -0.05) is 32.9 Å². The van der Waals surface area contributed by atoms with Crippen molar-refractivity contribution in [2.24, 2.45) is 0 Å². The van der Waals surface area contributed by atoms with Gasteiger partial charge in [0.05, 0.1) is 12.5 Å². The lowest BCUT2D eigenvalue weighted by molar-refractivity contribution is -0.154. The molecule has 2 amide bonds. The van der Waals surface area contributed by atoms with Crippen LogP contribution in [0, 0.1) is 0 Å². The minimum absolute atomic E-state index is 0.0350. The Hall–Kier alpha value is -2.57. The molecule has 0 spiro atoms. The zero-order valence-corrected chi connectivity index (χ0v) is 17.3. The molecule has 1 aliphatic rings. The molecule has 0 radical (unpaired) electrons. The Balaban J connectivity index is 1.98. The maximum absolute atomic E-state index is 12.6. The number of ether oxygens (including phenoxy) is 2. The van der Waals surface area contributed by atoms with Crippen LogP contribution < -0.4 is 10.1 Å². The number of carbonyl (C=O) groups is 3. The molecule has 1 fully saturated rings. The summed E-state index contributed by atoms with van der Waals surface area (Å²) in [7, 11) is 0. The maximum atomic E-state index is 12.6. The molecule has 154 valence electrons. The zero-order valence-electron chi connectivity index (χ0n) is 17.3. The van der Waals surface area contributed by atoms with Gasteiger partial charge >= 0.3 is 5.97 Å². The monoisotopic (exact) mass is 390 g/mol. The molecular formula is C21H30N2O5. The molecule has 1 saturated heterocycles. The van der Waals surface area contributed by atoms with Crippen molar-refractivity contribution in [2.45, 2.75) is 58.6 Å². The van der Waals surface area contributed by atoms with Gasteiger partial charge in [-0.3, -0.25) is 14.4 Å². The number of nitrogens with zero attached hydrogens (tertiary/aromatic N) is 1. The fourth-order valence-electron chi connectivity index (χ4n) is 2.96. The van der Waals surface area contributed by atoms with Gasteiger partial charge in [-0.2, -0.15) is 0 Å². The normalized spacial score (nSPS) is 17.3. The number of amides is 2. The first-order valence-electron chi connectivity index (χ1n) is 9.58. The van der Waals surface area contributed by atoms with E-state index in [1.54, 1.807) is 13.8 Å². The summed E-state index contributed by atoms with van der Waals surface area (Å²) in [5.41, 5.74) is 1.20. The highest BCUT2D eigenvalue weighted by Gasteiger charge is 2.35. The van der Waals surface area contributed by atoms with E-state index >= 15 is 0 Å². The fourth-order valence-corrected chi connectivity index (χ4v) is 2.96. The average molecular weight is 390 g/mol. The molecule has 0 aromatic heterocycles. The van der Waals surface area contributed by atoms with Crippen LogP contribution in [-0.2, 0) is 24.5 Å². The first kappa shape index (κ1) is 21.7. The Morgan fingerprint density at radius 1 is 1.21 bits per heavy atom. The number of piperazine rings is 1. The van der Waals surface area contributed by atoms with Crippen molar-refractivity contribution in [1.29, 1.82) is 0 Å². The van der Waals surface area contributed by atoms with E-state index < -0.39 is 12.0 Å². The fraction of sp³-hybridized carbons (Fsp3) is 0.571. The predicted octanol–water partition coefficient (Wildman–Crippen LogP) is 2.03. The second-order valence-corrected chi connectivity index (χ2v) is 8.20. The van der Waals surface area contributed by atoms with Gasteiger partial charge in [0.15, 0.2) is 6.61 Å². The van der Waals surface area contributed by atoms with Crippen molar-refractivity contribution in [2.75, 3.05) is 19.7 Å². The van der Waals surface area contributed by atoms with E-state index in [2.05, 4.69) is 26.1 Å². The quantitative estimate of drug-likeness (QED) is 0.752. The molecule has 1 aromatic rings. The average Bonchev–Trinajstić information content (AvgIpc) is 2.60. The van der Waals surface area contributed by atoms with Crippen LogP contribution in [0.5, 0.6) is 5.75 Å². The zero-order chi connectivity index (χ0) is 20.9. The van der Waals surface area contributed by atoms with Gasteiger partial charge in [0.2, 0.25) is 5.91 Å². The molecule has 7 nitrogen and oxygen atoms in total. The molecule has 1 N–H and O–H groups in total. The number of nitrogens with one attached hydrogen (secondary N) is 1. The molecule has 0 unspecified atom stereocenters. The number of esters is 1. The highest BCUT2D eigenvalue weighted by Crippen LogP contribution is 2.24. The number of benzene rings is 1. The van der Waals surface area contributed by atoms with E-state index in [9.17, 15) is 14.4 Å². The van der Waals surface area contributed by atoms with E-state index in [0.29, 0.717) is 18.8 Å². The van der Waals surface area contributed by atoms with Gasteiger partial charge in [0.1, 0.15) is 11.8 Å². The molecule has 0 aliphatic carbocycles. The van der Waals surface area contributed by atoms with Crippen molar-refractivity contribution in [3.8, 4) is 5.75 Å². The van der Waals surface area contributed by atoms with Crippen molar-refractivity contribution >= 4 is 17.8 Å². The summed E-state index contributed by atoms with van der Waals surface area (Å²) in [5, 5.41) is 2.69. The van der Waals surface area contributed by atoms with Crippen LogP contribution in [0.15, 0.2) is 24.3 Å². The maximum Gasteiger partial charge on any atom is 0.308 e. The number of rotatable bonds is 6. The highest BCUT2D eigenvalue weighted by molar-refractivity contribution is 5.92. The molecule has 1 atom stereocenters. The molecular weight excluding hydrogens is 360 g/mol. The van der Waals surface area contributed by atoms with E-state index in [4.69, 9.17) is 9.47 Å². The van der Waals surface area contributed by atoms with Gasteiger partial charge < -0.3 is 19.7 Å². The Morgan fingerprint density at radius 3 is 2.43 bits per heavy atom. The Kier molecular flexibility index (Phi) is 7.05. The third-order valence-electron chi connectivity index (χ3n) is 4.46. The van der Waals surface area contributed by atoms with Gasteiger partial charge in [0, 0.05) is 13.1 Å². The first-order chi connectivity index (χ1) is 13.1. The van der Waals surface area contributed by atoms with Crippen molar-refractivity contribution in [3.63, 3.8) is 0 Å². The van der Waals surface area contributed by atoms with Crippen LogP contribution in [0.2, 0.25) is 0 Å². The van der Waals surface area contributed by atoms with Crippen molar-refractivity contribution in [3.05, 3.63) is 29.8 Å². The Labute approximate surface area is 166 Å². The van der Waals surface area contributed by atoms with Gasteiger partial charge in [-0.25, -0.2) is 0 Å². The SMILES string of the molecule is CC(C)OC(=O)C[C@H]1C(=O)NCCN1C(=O)COc1ccc(C(C)(C)C)cc1. The third kappa shape index (κ3) is 5.97. The lowest BCUT2D eigenvalue weighted by Gasteiger charge is -2.34. The molecule has 7 heteroatoms. The van der Waals surface area contributed by atoms with E-state index in [1.165, 1.54) is 10.5 Å². The van der Waals surface area contributed by atoms with Crippen molar-refractivity contribution < 1.29 is 23.9 Å². The minimum Gasteiger partial charge on any atom is -0.484 e. The van der Waals surface area contributed by atoms with Gasteiger partial charge in [-0.05, 0) is 37.0 Å². The summed E-state index contributed by atoms with van der Waals surface area (Å²) < 4.78 is 10.7. The van der Waals surface area contributed by atoms with Crippen LogP contribution in [0.1, 0.15) is 46.6 Å². The van der Waals surface area contributed by atoms with E-state index in [-0.39, 0.29) is 36.4 Å². The molecule has 0 saturated carbocycles. The highest BCUT2D eigenvalue weighted by atomic mass is 16.5. The summed E-state index contributed by atoms with van der Waals surface area (Å²) in [6.07, 6.45) is -0.446. The summed E-state index contributed by atoms with van der Waals surface area (Å²) in [5.74, 6) is -0.612. The molecule has 1 heterocycles. The molecule has 1 aliphatic heterocycles. The smallest absolute Gasteiger partial charge is 0.308 e. The predicted molar refractivity (Wildman–Crippen MR) is 105 cm³/mol. The molecule has 2 rings (SSSR count). The summed E-state index contributed by atoms with van der Waals surface area (Å²) in [6.45, 7) is 10.3. The largest absolute Gasteiger partial charge is 0.484 e. The summed E-state index contributed by atoms with van der Waals surface area (Å²) >= 11 is 0. The van der Waals surface area contributed by atoms with E-state index in [1.807, 2.05) is 24.3 Å². The van der Waals surface area contributed by atoms with Crippen LogP contribution >= 0.6 is 0 Å². The lowest BCUT2D eigenvalue weighted by Crippen LogP contribution is -2.58. The lowest BCUT2D eigenvalue weighted by atomic mass is 9.87. The Bertz CT molecular complexity index is 707. The van der Waals surface area contributed by atoms with E-state index in [0.717, 1.165) is 0 Å². The number of carbonyl (C=O) groups excluding carboxylic acids is 3. The second kappa shape index (κ2) is 9.08. The Morgan fingerprint density at radius 2 is 1.86 bits per heavy atom. The van der Waals surface area contributed by atoms with Gasteiger partial charge in [0.25, 0.3) is 5.91 Å². The molecule has 0 bridgehead atoms. The summed E-state index contributed by atoms with van der Waals surface area (Å²) in [6, 6.07) is 6.72.